The maximum atomic E-state index is 13.4. The predicted molar refractivity (Wildman–Crippen MR) is 68.9 cm³/mol. The molecule has 2 atom stereocenters. The molecule has 1 heterocycles. The van der Waals surface area contributed by atoms with Crippen molar-refractivity contribution in [1.82, 2.24) is 10.2 Å². The van der Waals surface area contributed by atoms with E-state index in [1.807, 2.05) is 0 Å². The zero-order valence-electron chi connectivity index (χ0n) is 11.0. The van der Waals surface area contributed by atoms with Crippen molar-refractivity contribution in [1.29, 1.82) is 0 Å². The zero-order valence-corrected chi connectivity index (χ0v) is 11.0. The molecule has 2 nitrogen and oxygen atoms in total. The van der Waals surface area contributed by atoms with E-state index in [2.05, 4.69) is 5.32 Å². The summed E-state index contributed by atoms with van der Waals surface area (Å²) < 4.78 is 40.3. The first-order valence-electron chi connectivity index (χ1n) is 6.62. The predicted octanol–water partition coefficient (Wildman–Crippen LogP) is 2.97. The molecular weight excluding hydrogens is 253 g/mol. The molecule has 19 heavy (non-hydrogen) atoms. The minimum absolute atomic E-state index is 0.0446. The second-order valence-corrected chi connectivity index (χ2v) is 4.83. The maximum Gasteiger partial charge on any atom is 0.408 e. The number of nitrogens with one attached hydrogen (secondary N) is 1. The Morgan fingerprint density at radius 3 is 2.47 bits per heavy atom. The lowest BCUT2D eigenvalue weighted by atomic mass is 10.0. The smallest absolute Gasteiger partial charge is 0.315 e. The van der Waals surface area contributed by atoms with Crippen molar-refractivity contribution in [2.24, 2.45) is 0 Å². The molecule has 106 valence electrons. The fourth-order valence-electron chi connectivity index (χ4n) is 2.78. The Kier molecular flexibility index (Phi) is 4.47. The quantitative estimate of drug-likeness (QED) is 0.906. The van der Waals surface area contributed by atoms with E-state index in [0.717, 1.165) is 13.0 Å². The van der Waals surface area contributed by atoms with Crippen molar-refractivity contribution in [3.05, 3.63) is 35.9 Å². The fourth-order valence-corrected chi connectivity index (χ4v) is 2.78. The van der Waals surface area contributed by atoms with E-state index in [0.29, 0.717) is 18.7 Å². The molecule has 0 bridgehead atoms. The van der Waals surface area contributed by atoms with Crippen LogP contribution in [0.15, 0.2) is 30.3 Å². The topological polar surface area (TPSA) is 15.3 Å². The van der Waals surface area contributed by atoms with Crippen LogP contribution < -0.4 is 5.32 Å². The van der Waals surface area contributed by atoms with Crippen molar-refractivity contribution in [2.75, 3.05) is 19.6 Å². The maximum absolute atomic E-state index is 13.4. The molecule has 0 radical (unpaired) electrons. The first-order valence-corrected chi connectivity index (χ1v) is 6.62. The largest absolute Gasteiger partial charge is 0.408 e. The van der Waals surface area contributed by atoms with Gasteiger partial charge in [0.05, 0.1) is 0 Å². The lowest BCUT2D eigenvalue weighted by Crippen LogP contribution is -2.45. The van der Waals surface area contributed by atoms with Gasteiger partial charge in [-0.25, -0.2) is 0 Å². The number of hydrogen-bond donors (Lipinski definition) is 1. The summed E-state index contributed by atoms with van der Waals surface area (Å²) in [5.41, 5.74) is 0.323. The number of benzene rings is 1. The highest BCUT2D eigenvalue weighted by molar-refractivity contribution is 5.21. The molecule has 1 N–H and O–H groups in total. The minimum Gasteiger partial charge on any atom is -0.315 e. The van der Waals surface area contributed by atoms with E-state index in [1.54, 1.807) is 42.2 Å². The van der Waals surface area contributed by atoms with Gasteiger partial charge in [-0.3, -0.25) is 4.90 Å². The molecule has 0 amide bonds. The summed E-state index contributed by atoms with van der Waals surface area (Å²) in [5.74, 6) is 0. The van der Waals surface area contributed by atoms with Crippen LogP contribution in [0.5, 0.6) is 0 Å². The lowest BCUT2D eigenvalue weighted by Gasteiger charge is -2.36. The lowest BCUT2D eigenvalue weighted by molar-refractivity contribution is -0.191. The minimum atomic E-state index is -4.25. The van der Waals surface area contributed by atoms with E-state index in [-0.39, 0.29) is 6.04 Å². The standard InChI is InChI=1S/C14H19F3N2/c1-2-19(12-8-9-18-10-12)13(14(15,16)17)11-6-4-3-5-7-11/h3-7,12-13,18H,2,8-10H2,1H3. The van der Waals surface area contributed by atoms with Gasteiger partial charge in [-0.15, -0.1) is 0 Å². The highest BCUT2D eigenvalue weighted by Crippen LogP contribution is 2.39. The van der Waals surface area contributed by atoms with Gasteiger partial charge in [0, 0.05) is 12.6 Å². The average Bonchev–Trinajstić information content (AvgIpc) is 2.89. The number of alkyl halides is 3. The van der Waals surface area contributed by atoms with Crippen molar-refractivity contribution < 1.29 is 13.2 Å². The van der Waals surface area contributed by atoms with Crippen LogP contribution in [0.2, 0.25) is 0 Å². The van der Waals surface area contributed by atoms with Crippen LogP contribution >= 0.6 is 0 Å². The van der Waals surface area contributed by atoms with Crippen molar-refractivity contribution >= 4 is 0 Å². The molecule has 2 unspecified atom stereocenters. The van der Waals surface area contributed by atoms with Gasteiger partial charge in [0.1, 0.15) is 6.04 Å². The molecular formula is C14H19F3N2. The number of nitrogens with zero attached hydrogens (tertiary/aromatic N) is 1. The van der Waals surface area contributed by atoms with Gasteiger partial charge in [-0.2, -0.15) is 13.2 Å². The molecule has 2 rings (SSSR count). The first kappa shape index (κ1) is 14.3. The van der Waals surface area contributed by atoms with Crippen LogP contribution in [0.1, 0.15) is 24.9 Å². The Bertz CT molecular complexity index is 385. The SMILES string of the molecule is CCN(C1CCNC1)C(c1ccccc1)C(F)(F)F. The van der Waals surface area contributed by atoms with Crippen LogP contribution in [0.3, 0.4) is 0 Å². The molecule has 1 fully saturated rings. The van der Waals surface area contributed by atoms with Crippen LogP contribution in [0.4, 0.5) is 13.2 Å². The van der Waals surface area contributed by atoms with E-state index in [1.165, 1.54) is 0 Å². The first-order chi connectivity index (χ1) is 9.04. The Hall–Kier alpha value is -1.07. The second kappa shape index (κ2) is 5.92. The van der Waals surface area contributed by atoms with E-state index < -0.39 is 12.2 Å². The Morgan fingerprint density at radius 1 is 1.32 bits per heavy atom. The van der Waals surface area contributed by atoms with Gasteiger partial charge in [0.15, 0.2) is 0 Å². The normalized spacial score (nSPS) is 21.8. The molecule has 1 aromatic rings. The summed E-state index contributed by atoms with van der Waals surface area (Å²) in [6.45, 7) is 3.61. The van der Waals surface area contributed by atoms with Crippen LogP contribution in [-0.2, 0) is 0 Å². The van der Waals surface area contributed by atoms with Gasteiger partial charge in [-0.05, 0) is 25.1 Å². The molecule has 0 aromatic heterocycles. The molecule has 0 spiro atoms. The monoisotopic (exact) mass is 272 g/mol. The number of rotatable bonds is 4. The second-order valence-electron chi connectivity index (χ2n) is 4.83. The van der Waals surface area contributed by atoms with Crippen molar-refractivity contribution in [3.8, 4) is 0 Å². The van der Waals surface area contributed by atoms with Gasteiger partial charge >= 0.3 is 6.18 Å². The summed E-state index contributed by atoms with van der Waals surface area (Å²) in [4.78, 5) is 1.56. The number of likely N-dealkylation sites (N-methyl/N-ethyl adjacent to an activating group) is 1. The van der Waals surface area contributed by atoms with Gasteiger partial charge in [0.25, 0.3) is 0 Å². The Balaban J connectivity index is 2.31. The molecule has 1 saturated heterocycles. The van der Waals surface area contributed by atoms with Gasteiger partial charge in [-0.1, -0.05) is 37.3 Å². The summed E-state index contributed by atoms with van der Waals surface area (Å²) in [6, 6.07) is 6.63. The number of hydrogen-bond acceptors (Lipinski definition) is 2. The molecule has 5 heteroatoms. The van der Waals surface area contributed by atoms with Crippen LogP contribution in [0, 0.1) is 0 Å². The van der Waals surface area contributed by atoms with Crippen LogP contribution in [0.25, 0.3) is 0 Å². The molecule has 0 aliphatic carbocycles. The molecule has 0 saturated carbocycles. The Labute approximate surface area is 111 Å². The third-order valence-corrected chi connectivity index (χ3v) is 3.63. The molecule has 1 aliphatic heterocycles. The highest BCUT2D eigenvalue weighted by Gasteiger charge is 2.46. The van der Waals surface area contributed by atoms with Gasteiger partial charge in [0.2, 0.25) is 0 Å². The van der Waals surface area contributed by atoms with E-state index >= 15 is 0 Å². The van der Waals surface area contributed by atoms with E-state index in [9.17, 15) is 13.2 Å². The van der Waals surface area contributed by atoms with Crippen molar-refractivity contribution in [3.63, 3.8) is 0 Å². The zero-order chi connectivity index (χ0) is 13.9. The number of halogens is 3. The fraction of sp³-hybridized carbons (Fsp3) is 0.571. The van der Waals surface area contributed by atoms with E-state index in [4.69, 9.17) is 0 Å². The summed E-state index contributed by atoms with van der Waals surface area (Å²) in [5, 5.41) is 3.14. The van der Waals surface area contributed by atoms with Crippen molar-refractivity contribution in [2.45, 2.75) is 31.6 Å². The Morgan fingerprint density at radius 2 is 2.00 bits per heavy atom. The van der Waals surface area contributed by atoms with Gasteiger partial charge < -0.3 is 5.32 Å². The molecule has 1 aliphatic rings. The van der Waals surface area contributed by atoms with Crippen LogP contribution in [-0.4, -0.2) is 36.8 Å². The highest BCUT2D eigenvalue weighted by atomic mass is 19.4. The summed E-state index contributed by atoms with van der Waals surface area (Å²) >= 11 is 0. The summed E-state index contributed by atoms with van der Waals surface area (Å²) in [6.07, 6.45) is -3.48. The third-order valence-electron chi connectivity index (χ3n) is 3.63. The average molecular weight is 272 g/mol. The third kappa shape index (κ3) is 3.28. The summed E-state index contributed by atoms with van der Waals surface area (Å²) in [7, 11) is 0. The molecule has 1 aromatic carbocycles.